The van der Waals surface area contributed by atoms with Gasteiger partial charge < -0.3 is 9.47 Å². The smallest absolute Gasteiger partial charge is 0.355 e. The number of hydrogen-bond donors (Lipinski definition) is 0. The lowest BCUT2D eigenvalue weighted by Gasteiger charge is -2.06. The Kier molecular flexibility index (Phi) is 3.84. The number of carbonyl (C=O) groups is 2. The molecule has 2 heterocycles. The van der Waals surface area contributed by atoms with Crippen molar-refractivity contribution in [3.63, 3.8) is 0 Å². The molecule has 0 aromatic carbocycles. The van der Waals surface area contributed by atoms with Crippen LogP contribution < -0.4 is 4.74 Å². The number of Topliss-reactive ketones (excluding diaryl/α,β-unsaturated/α-hetero) is 1. The van der Waals surface area contributed by atoms with Gasteiger partial charge in [0.25, 0.3) is 6.10 Å². The van der Waals surface area contributed by atoms with E-state index in [-0.39, 0.29) is 24.9 Å². The Balaban J connectivity index is 0.00000128. The van der Waals surface area contributed by atoms with Crippen molar-refractivity contribution in [1.29, 1.82) is 0 Å². The van der Waals surface area contributed by atoms with Gasteiger partial charge in [-0.05, 0) is 19.1 Å². The first kappa shape index (κ1) is 12.4. The molecule has 1 unspecified atom stereocenters. The van der Waals surface area contributed by atoms with E-state index in [1.165, 1.54) is 6.20 Å². The summed E-state index contributed by atoms with van der Waals surface area (Å²) in [5.74, 6) is -0.863. The summed E-state index contributed by atoms with van der Waals surface area (Å²) in [5, 5.41) is 0. The number of pyridine rings is 1. The maximum atomic E-state index is 11.6. The Bertz CT molecular complexity index is 421. The molecule has 1 aliphatic rings. The molecule has 6 heteroatoms. The van der Waals surface area contributed by atoms with Gasteiger partial charge in [0, 0.05) is 6.20 Å². The normalized spacial score (nSPS) is 17.1. The summed E-state index contributed by atoms with van der Waals surface area (Å²) < 4.78 is 9.81. The Morgan fingerprint density at radius 2 is 2.38 bits per heavy atom. The van der Waals surface area contributed by atoms with Gasteiger partial charge in [-0.1, -0.05) is 0 Å². The summed E-state index contributed by atoms with van der Waals surface area (Å²) in [6, 6.07) is 3.19. The third-order valence-electron chi connectivity index (χ3n) is 2.00. The molecule has 86 valence electrons. The van der Waals surface area contributed by atoms with Crippen LogP contribution in [0.4, 0.5) is 0 Å². The fourth-order valence-corrected chi connectivity index (χ4v) is 1.35. The van der Waals surface area contributed by atoms with Gasteiger partial charge in [-0.3, -0.25) is 4.79 Å². The predicted octanol–water partition coefficient (Wildman–Crippen LogP) is 1.01. The van der Waals surface area contributed by atoms with E-state index in [9.17, 15) is 9.59 Å². The van der Waals surface area contributed by atoms with Gasteiger partial charge in [-0.25, -0.2) is 9.78 Å². The van der Waals surface area contributed by atoms with Crippen molar-refractivity contribution >= 4 is 24.2 Å². The minimum Gasteiger partial charge on any atom is -0.463 e. The lowest BCUT2D eigenvalue weighted by molar-refractivity contribution is -0.148. The van der Waals surface area contributed by atoms with Crippen molar-refractivity contribution < 1.29 is 19.1 Å². The van der Waals surface area contributed by atoms with Crippen LogP contribution in [0.3, 0.4) is 0 Å². The Labute approximate surface area is 98.2 Å². The van der Waals surface area contributed by atoms with E-state index in [1.54, 1.807) is 19.1 Å². The van der Waals surface area contributed by atoms with Gasteiger partial charge in [0.15, 0.2) is 0 Å². The lowest BCUT2D eigenvalue weighted by Crippen LogP contribution is -2.32. The van der Waals surface area contributed by atoms with Crippen LogP contribution in [0.1, 0.15) is 17.3 Å². The summed E-state index contributed by atoms with van der Waals surface area (Å²) in [6.45, 7) is 1.89. The van der Waals surface area contributed by atoms with Crippen LogP contribution in [0.2, 0.25) is 0 Å². The first-order valence-electron chi connectivity index (χ1n) is 4.56. The molecule has 0 fully saturated rings. The molecule has 0 bridgehead atoms. The molecule has 1 aromatic heterocycles. The van der Waals surface area contributed by atoms with Crippen molar-refractivity contribution in [2.45, 2.75) is 13.0 Å². The van der Waals surface area contributed by atoms with Crippen molar-refractivity contribution in [3.05, 3.63) is 23.9 Å². The fourth-order valence-electron chi connectivity index (χ4n) is 1.35. The number of fused-ring (bicyclic) bond motifs is 1. The summed E-state index contributed by atoms with van der Waals surface area (Å²) in [7, 11) is 0. The SMILES string of the molecule is CCOC(=O)C1Oc2ncccc2C1=O.Cl. The number of halogens is 1. The fraction of sp³-hybridized carbons (Fsp3) is 0.300. The van der Waals surface area contributed by atoms with Crippen LogP contribution in [0, 0.1) is 0 Å². The molecule has 0 amide bonds. The van der Waals surface area contributed by atoms with E-state index in [0.717, 1.165) is 0 Å². The third kappa shape index (κ3) is 1.99. The third-order valence-corrected chi connectivity index (χ3v) is 2.00. The predicted molar refractivity (Wildman–Crippen MR) is 56.9 cm³/mol. The number of esters is 1. The average molecular weight is 244 g/mol. The molecule has 1 aliphatic heterocycles. The Morgan fingerprint density at radius 1 is 1.62 bits per heavy atom. The van der Waals surface area contributed by atoms with E-state index in [2.05, 4.69) is 4.98 Å². The Morgan fingerprint density at radius 3 is 3.00 bits per heavy atom. The van der Waals surface area contributed by atoms with Crippen LogP contribution in [0.5, 0.6) is 5.88 Å². The van der Waals surface area contributed by atoms with E-state index >= 15 is 0 Å². The second-order valence-corrected chi connectivity index (χ2v) is 2.97. The molecule has 0 N–H and O–H groups in total. The van der Waals surface area contributed by atoms with Gasteiger partial charge in [-0.2, -0.15) is 0 Å². The summed E-state index contributed by atoms with van der Waals surface area (Å²) in [4.78, 5) is 26.8. The topological polar surface area (TPSA) is 65.5 Å². The molecule has 1 aromatic rings. The second kappa shape index (κ2) is 4.94. The molecule has 0 saturated heterocycles. The number of hydrogen-bond acceptors (Lipinski definition) is 5. The summed E-state index contributed by atoms with van der Waals surface area (Å²) in [6.07, 6.45) is 0.314. The minimum atomic E-state index is -1.19. The number of aromatic nitrogens is 1. The van der Waals surface area contributed by atoms with Gasteiger partial charge in [0.1, 0.15) is 0 Å². The first-order valence-corrected chi connectivity index (χ1v) is 4.56. The zero-order valence-corrected chi connectivity index (χ0v) is 9.32. The molecular weight excluding hydrogens is 234 g/mol. The molecule has 0 saturated carbocycles. The molecule has 5 nitrogen and oxygen atoms in total. The number of ether oxygens (including phenoxy) is 2. The zero-order valence-electron chi connectivity index (χ0n) is 8.50. The molecule has 1 atom stereocenters. The molecular formula is C10H10ClNO4. The van der Waals surface area contributed by atoms with Gasteiger partial charge >= 0.3 is 5.97 Å². The lowest BCUT2D eigenvalue weighted by atomic mass is 10.1. The summed E-state index contributed by atoms with van der Waals surface area (Å²) >= 11 is 0. The highest BCUT2D eigenvalue weighted by molar-refractivity contribution is 6.14. The van der Waals surface area contributed by atoms with Crippen molar-refractivity contribution in [2.24, 2.45) is 0 Å². The number of carbonyl (C=O) groups excluding carboxylic acids is 2. The quantitative estimate of drug-likeness (QED) is 0.573. The zero-order chi connectivity index (χ0) is 10.8. The highest BCUT2D eigenvalue weighted by Crippen LogP contribution is 2.26. The highest BCUT2D eigenvalue weighted by Gasteiger charge is 2.39. The summed E-state index contributed by atoms with van der Waals surface area (Å²) in [5.41, 5.74) is 0.329. The van der Waals surface area contributed by atoms with Crippen LogP contribution in [-0.2, 0) is 9.53 Å². The molecule has 0 radical (unpaired) electrons. The van der Waals surface area contributed by atoms with Crippen LogP contribution >= 0.6 is 12.4 Å². The van der Waals surface area contributed by atoms with Crippen molar-refractivity contribution in [3.8, 4) is 5.88 Å². The first-order chi connectivity index (χ1) is 7.24. The Hall–Kier alpha value is -1.62. The van der Waals surface area contributed by atoms with Crippen LogP contribution in [-0.4, -0.2) is 29.4 Å². The van der Waals surface area contributed by atoms with Gasteiger partial charge in [0.05, 0.1) is 12.2 Å². The largest absolute Gasteiger partial charge is 0.463 e. The number of nitrogens with zero attached hydrogens (tertiary/aromatic N) is 1. The minimum absolute atomic E-state index is 0. The molecule has 0 spiro atoms. The van der Waals surface area contributed by atoms with E-state index in [4.69, 9.17) is 9.47 Å². The molecule has 2 rings (SSSR count). The second-order valence-electron chi connectivity index (χ2n) is 2.97. The van der Waals surface area contributed by atoms with Crippen LogP contribution in [0.15, 0.2) is 18.3 Å². The highest BCUT2D eigenvalue weighted by atomic mass is 35.5. The maximum Gasteiger partial charge on any atom is 0.355 e. The van der Waals surface area contributed by atoms with Gasteiger partial charge in [-0.15, -0.1) is 12.4 Å². The standard InChI is InChI=1S/C10H9NO4.ClH/c1-2-14-10(13)8-7(12)6-4-3-5-11-9(6)15-8;/h3-5,8H,2H2,1H3;1H. The maximum absolute atomic E-state index is 11.6. The van der Waals surface area contributed by atoms with Crippen LogP contribution in [0.25, 0.3) is 0 Å². The number of ketones is 1. The van der Waals surface area contributed by atoms with Crippen molar-refractivity contribution in [2.75, 3.05) is 6.61 Å². The number of rotatable bonds is 2. The average Bonchev–Trinajstić information content (AvgIpc) is 2.57. The monoisotopic (exact) mass is 243 g/mol. The molecule has 0 aliphatic carbocycles. The van der Waals surface area contributed by atoms with E-state index in [1.807, 2.05) is 0 Å². The van der Waals surface area contributed by atoms with Gasteiger partial charge in [0.2, 0.25) is 11.7 Å². The van der Waals surface area contributed by atoms with E-state index < -0.39 is 17.9 Å². The van der Waals surface area contributed by atoms with Crippen molar-refractivity contribution in [1.82, 2.24) is 4.98 Å². The van der Waals surface area contributed by atoms with E-state index in [0.29, 0.717) is 5.56 Å². The molecule has 16 heavy (non-hydrogen) atoms.